The summed E-state index contributed by atoms with van der Waals surface area (Å²) in [4.78, 5) is 11.3. The first-order chi connectivity index (χ1) is 9.90. The summed E-state index contributed by atoms with van der Waals surface area (Å²) in [5.74, 6) is 0.0772. The van der Waals surface area contributed by atoms with Gasteiger partial charge in [-0.15, -0.1) is 0 Å². The Morgan fingerprint density at radius 3 is 2.57 bits per heavy atom. The van der Waals surface area contributed by atoms with Crippen LogP contribution in [0.1, 0.15) is 16.1 Å². The highest BCUT2D eigenvalue weighted by atomic mass is 32.2. The van der Waals surface area contributed by atoms with Crippen molar-refractivity contribution >= 4 is 21.7 Å². The molecule has 0 aliphatic heterocycles. The number of methoxy groups -OCH3 is 1. The molecule has 0 fully saturated rings. The van der Waals surface area contributed by atoms with Crippen molar-refractivity contribution < 1.29 is 22.4 Å². The zero-order valence-electron chi connectivity index (χ0n) is 11.2. The molecule has 2 rings (SSSR count). The lowest BCUT2D eigenvalue weighted by Crippen LogP contribution is -2.11. The molecule has 8 heteroatoms. The van der Waals surface area contributed by atoms with Crippen molar-refractivity contribution in [3.63, 3.8) is 0 Å². The maximum absolute atomic E-state index is 11.3. The van der Waals surface area contributed by atoms with Gasteiger partial charge in [-0.05, 0) is 30.3 Å². The second-order valence-electron chi connectivity index (χ2n) is 4.22. The van der Waals surface area contributed by atoms with Gasteiger partial charge >= 0.3 is 5.97 Å². The van der Waals surface area contributed by atoms with Crippen LogP contribution >= 0.6 is 0 Å². The van der Waals surface area contributed by atoms with Crippen LogP contribution in [0.15, 0.2) is 45.9 Å². The number of rotatable bonds is 5. The van der Waals surface area contributed by atoms with Crippen molar-refractivity contribution in [1.29, 1.82) is 0 Å². The summed E-state index contributed by atoms with van der Waals surface area (Å²) in [6, 6.07) is 7.55. The molecule has 0 spiro atoms. The molecule has 3 N–H and O–H groups in total. The van der Waals surface area contributed by atoms with E-state index in [0.29, 0.717) is 23.6 Å². The highest BCUT2D eigenvalue weighted by Crippen LogP contribution is 2.15. The molecule has 1 aromatic carbocycles. The van der Waals surface area contributed by atoms with Crippen molar-refractivity contribution in [2.75, 3.05) is 12.4 Å². The molecule has 0 aliphatic rings. The van der Waals surface area contributed by atoms with E-state index < -0.39 is 16.0 Å². The van der Waals surface area contributed by atoms with Gasteiger partial charge in [0.05, 0.1) is 24.1 Å². The summed E-state index contributed by atoms with van der Waals surface area (Å²) in [6.45, 7) is 0.339. The zero-order chi connectivity index (χ0) is 15.5. The average Bonchev–Trinajstić information content (AvgIpc) is 2.92. The van der Waals surface area contributed by atoms with Crippen LogP contribution < -0.4 is 10.5 Å². The number of carbonyl (C=O) groups excluding carboxylic acids is 1. The molecule has 0 saturated carbocycles. The van der Waals surface area contributed by atoms with Gasteiger partial charge in [-0.3, -0.25) is 0 Å². The summed E-state index contributed by atoms with van der Waals surface area (Å²) in [6.07, 6.45) is 1.31. The number of nitrogens with two attached hydrogens (primary N) is 1. The standard InChI is InChI=1S/C13H14N2O5S/c1-19-13(16)9-6-11(20-8-9)7-15-10-2-4-12(5-3-10)21(14,17)18/h2-6,8,15H,7H2,1H3,(H2,14,17,18). The quantitative estimate of drug-likeness (QED) is 0.806. The Kier molecular flexibility index (Phi) is 4.29. The number of hydrogen-bond acceptors (Lipinski definition) is 6. The Morgan fingerprint density at radius 2 is 2.00 bits per heavy atom. The molecule has 0 aliphatic carbocycles. The fourth-order valence-electron chi connectivity index (χ4n) is 1.65. The number of hydrogen-bond donors (Lipinski definition) is 2. The summed E-state index contributed by atoms with van der Waals surface area (Å²) in [5, 5.41) is 8.04. The third-order valence-corrected chi connectivity index (χ3v) is 3.65. The second-order valence-corrected chi connectivity index (χ2v) is 5.78. The van der Waals surface area contributed by atoms with E-state index in [9.17, 15) is 13.2 Å². The Morgan fingerprint density at radius 1 is 1.33 bits per heavy atom. The highest BCUT2D eigenvalue weighted by molar-refractivity contribution is 7.89. The third kappa shape index (κ3) is 3.83. The number of primary sulfonamides is 1. The van der Waals surface area contributed by atoms with Crippen LogP contribution in [0.5, 0.6) is 0 Å². The van der Waals surface area contributed by atoms with Crippen molar-refractivity contribution in [2.24, 2.45) is 5.14 Å². The fraction of sp³-hybridized carbons (Fsp3) is 0.154. The van der Waals surface area contributed by atoms with Crippen molar-refractivity contribution in [2.45, 2.75) is 11.4 Å². The number of furan rings is 1. The Hall–Kier alpha value is -2.32. The highest BCUT2D eigenvalue weighted by Gasteiger charge is 2.10. The molecule has 0 atom stereocenters. The zero-order valence-corrected chi connectivity index (χ0v) is 12.0. The summed E-state index contributed by atoms with van der Waals surface area (Å²) < 4.78 is 32.0. The lowest BCUT2D eigenvalue weighted by Gasteiger charge is -2.05. The maximum atomic E-state index is 11.3. The van der Waals surface area contributed by atoms with E-state index in [1.165, 1.54) is 25.5 Å². The predicted octanol–water partition coefficient (Wildman–Crippen LogP) is 1.33. The summed E-state index contributed by atoms with van der Waals surface area (Å²) in [5.41, 5.74) is 1.03. The van der Waals surface area contributed by atoms with Gasteiger partial charge in [0, 0.05) is 5.69 Å². The van der Waals surface area contributed by atoms with Gasteiger partial charge in [0.1, 0.15) is 12.0 Å². The fourth-order valence-corrected chi connectivity index (χ4v) is 2.17. The van der Waals surface area contributed by atoms with Gasteiger partial charge in [0.15, 0.2) is 0 Å². The van der Waals surface area contributed by atoms with Crippen LogP contribution in [0.25, 0.3) is 0 Å². The van der Waals surface area contributed by atoms with E-state index in [1.54, 1.807) is 18.2 Å². The number of nitrogens with one attached hydrogen (secondary N) is 1. The van der Waals surface area contributed by atoms with E-state index in [4.69, 9.17) is 9.56 Å². The van der Waals surface area contributed by atoms with Crippen LogP contribution in [-0.2, 0) is 21.3 Å². The smallest absolute Gasteiger partial charge is 0.341 e. The van der Waals surface area contributed by atoms with Crippen molar-refractivity contribution in [1.82, 2.24) is 0 Å². The Balaban J connectivity index is 2.00. The third-order valence-electron chi connectivity index (χ3n) is 2.72. The second kappa shape index (κ2) is 5.98. The average molecular weight is 310 g/mol. The summed E-state index contributed by atoms with van der Waals surface area (Å²) >= 11 is 0. The van der Waals surface area contributed by atoms with Gasteiger partial charge in [0.2, 0.25) is 10.0 Å². The maximum Gasteiger partial charge on any atom is 0.341 e. The van der Waals surface area contributed by atoms with E-state index in [-0.39, 0.29) is 4.90 Å². The van der Waals surface area contributed by atoms with Crippen molar-refractivity contribution in [3.8, 4) is 0 Å². The lowest BCUT2D eigenvalue weighted by atomic mass is 10.3. The molecule has 0 radical (unpaired) electrons. The number of esters is 1. The number of ether oxygens (including phenoxy) is 1. The topological polar surface area (TPSA) is 112 Å². The molecule has 0 saturated heterocycles. The molecule has 0 unspecified atom stereocenters. The Labute approximate surface area is 121 Å². The van der Waals surface area contributed by atoms with Crippen LogP contribution in [0.4, 0.5) is 5.69 Å². The normalized spacial score (nSPS) is 11.1. The monoisotopic (exact) mass is 310 g/mol. The molecule has 0 amide bonds. The first-order valence-electron chi connectivity index (χ1n) is 5.92. The molecule has 0 bridgehead atoms. The minimum atomic E-state index is -3.69. The first-order valence-corrected chi connectivity index (χ1v) is 7.47. The van der Waals surface area contributed by atoms with E-state index in [0.717, 1.165) is 0 Å². The summed E-state index contributed by atoms with van der Waals surface area (Å²) in [7, 11) is -2.40. The molecule has 21 heavy (non-hydrogen) atoms. The molecular formula is C13H14N2O5S. The SMILES string of the molecule is COC(=O)c1coc(CNc2ccc(S(N)(=O)=O)cc2)c1. The van der Waals surface area contributed by atoms with Crippen molar-refractivity contribution in [3.05, 3.63) is 47.9 Å². The predicted molar refractivity (Wildman–Crippen MR) is 75.2 cm³/mol. The van der Waals surface area contributed by atoms with Gasteiger partial charge in [0.25, 0.3) is 0 Å². The van der Waals surface area contributed by atoms with Gasteiger partial charge in [-0.25, -0.2) is 18.4 Å². The van der Waals surface area contributed by atoms with E-state index in [1.807, 2.05) is 0 Å². The van der Waals surface area contributed by atoms with Crippen LogP contribution in [0, 0.1) is 0 Å². The molecule has 7 nitrogen and oxygen atoms in total. The van der Waals surface area contributed by atoms with E-state index in [2.05, 4.69) is 10.1 Å². The number of carbonyl (C=O) groups is 1. The van der Waals surface area contributed by atoms with Crippen LogP contribution in [0.2, 0.25) is 0 Å². The minimum Gasteiger partial charge on any atom is -0.467 e. The molecule has 1 aromatic heterocycles. The lowest BCUT2D eigenvalue weighted by molar-refractivity contribution is 0.0600. The first kappa shape index (κ1) is 15.1. The number of anilines is 1. The van der Waals surface area contributed by atoms with E-state index >= 15 is 0 Å². The molecule has 1 heterocycles. The van der Waals surface area contributed by atoms with Gasteiger partial charge < -0.3 is 14.5 Å². The molecule has 112 valence electrons. The molecular weight excluding hydrogens is 296 g/mol. The largest absolute Gasteiger partial charge is 0.467 e. The number of benzene rings is 1. The van der Waals surface area contributed by atoms with Crippen LogP contribution in [0.3, 0.4) is 0 Å². The Bertz CT molecular complexity index is 734. The van der Waals surface area contributed by atoms with Gasteiger partial charge in [-0.2, -0.15) is 0 Å². The number of sulfonamides is 1. The molecule has 2 aromatic rings. The minimum absolute atomic E-state index is 0.0408. The van der Waals surface area contributed by atoms with Crippen LogP contribution in [-0.4, -0.2) is 21.5 Å². The van der Waals surface area contributed by atoms with Gasteiger partial charge in [-0.1, -0.05) is 0 Å².